The Kier molecular flexibility index (Phi) is 5.84. The van der Waals surface area contributed by atoms with Gasteiger partial charge in [-0.2, -0.15) is 0 Å². The van der Waals surface area contributed by atoms with Crippen LogP contribution in [-0.4, -0.2) is 25.2 Å². The van der Waals surface area contributed by atoms with Crippen LogP contribution in [0, 0.1) is 49.4 Å². The highest BCUT2D eigenvalue weighted by Gasteiger charge is 2.58. The molecule has 8 aliphatic rings. The second kappa shape index (κ2) is 8.83. The van der Waals surface area contributed by atoms with Gasteiger partial charge in [0.05, 0.1) is 24.3 Å². The minimum absolute atomic E-state index is 0.149. The summed E-state index contributed by atoms with van der Waals surface area (Å²) in [7, 11) is 0. The molecule has 0 atom stereocenters. The van der Waals surface area contributed by atoms with Gasteiger partial charge in [0.1, 0.15) is 0 Å². The zero-order valence-corrected chi connectivity index (χ0v) is 24.0. The molecule has 206 valence electrons. The van der Waals surface area contributed by atoms with Crippen LogP contribution in [0.3, 0.4) is 0 Å². The monoisotopic (exact) mass is 518 g/mol. The molecule has 38 heavy (non-hydrogen) atoms. The molecule has 0 heterocycles. The zero-order chi connectivity index (χ0) is 26.4. The molecule has 1 aromatic rings. The Labute approximate surface area is 228 Å². The van der Waals surface area contributed by atoms with E-state index in [1.54, 1.807) is 0 Å². The molecule has 8 saturated carbocycles. The third-order valence-corrected chi connectivity index (χ3v) is 12.1. The first kappa shape index (κ1) is 25.1. The highest BCUT2D eigenvalue weighted by atomic mass is 16.5. The summed E-state index contributed by atoms with van der Waals surface area (Å²) in [6, 6.07) is 0. The number of carbonyl (C=O) groups excluding carboxylic acids is 2. The highest BCUT2D eigenvalue weighted by molar-refractivity contribution is 6.06. The Morgan fingerprint density at radius 1 is 0.579 bits per heavy atom. The Morgan fingerprint density at radius 3 is 1.08 bits per heavy atom. The molecule has 8 bridgehead atoms. The maximum atomic E-state index is 13.7. The van der Waals surface area contributed by atoms with Crippen molar-refractivity contribution in [1.82, 2.24) is 0 Å². The van der Waals surface area contributed by atoms with Crippen LogP contribution in [0.15, 0.2) is 0 Å². The van der Waals surface area contributed by atoms with Gasteiger partial charge in [-0.25, -0.2) is 9.59 Å². The van der Waals surface area contributed by atoms with Crippen molar-refractivity contribution in [3.05, 3.63) is 33.4 Å². The van der Waals surface area contributed by atoms with E-state index in [0.717, 1.165) is 46.6 Å². The van der Waals surface area contributed by atoms with E-state index < -0.39 is 0 Å². The van der Waals surface area contributed by atoms with Crippen molar-refractivity contribution in [2.24, 2.45) is 35.5 Å². The number of hydrogen-bond donors (Lipinski definition) is 0. The largest absolute Gasteiger partial charge is 0.462 e. The number of rotatable bonds is 6. The Balaban J connectivity index is 1.51. The van der Waals surface area contributed by atoms with Gasteiger partial charge in [-0.15, -0.1) is 0 Å². The van der Waals surface area contributed by atoms with Crippen molar-refractivity contribution < 1.29 is 19.1 Å². The zero-order valence-electron chi connectivity index (χ0n) is 24.0. The topological polar surface area (TPSA) is 52.6 Å². The summed E-state index contributed by atoms with van der Waals surface area (Å²) >= 11 is 0. The van der Waals surface area contributed by atoms with Crippen molar-refractivity contribution in [2.45, 2.75) is 116 Å². The van der Waals surface area contributed by atoms with Gasteiger partial charge in [0, 0.05) is 0 Å². The SMILES string of the molecule is CCOC(=O)c1c(C)c(C23CC4CC(CC(C4)C2)C3)c(C23CC4CC(CC(C4)C2)C3)c(C)c1C(=O)OCC. The average Bonchev–Trinajstić information content (AvgIpc) is 2.83. The maximum absolute atomic E-state index is 13.7. The molecule has 0 saturated heterocycles. The molecule has 8 fully saturated rings. The lowest BCUT2D eigenvalue weighted by Gasteiger charge is -2.61. The molecule has 0 unspecified atom stereocenters. The Hall–Kier alpha value is -1.84. The summed E-state index contributed by atoms with van der Waals surface area (Å²) in [4.78, 5) is 27.3. The molecular formula is C34H46O4. The van der Waals surface area contributed by atoms with Crippen molar-refractivity contribution in [3.8, 4) is 0 Å². The first-order chi connectivity index (χ1) is 18.3. The molecule has 4 nitrogen and oxygen atoms in total. The van der Waals surface area contributed by atoms with Gasteiger partial charge in [-0.3, -0.25) is 0 Å². The van der Waals surface area contributed by atoms with Crippen LogP contribution in [0.5, 0.6) is 0 Å². The maximum Gasteiger partial charge on any atom is 0.339 e. The van der Waals surface area contributed by atoms with Crippen LogP contribution >= 0.6 is 0 Å². The number of ether oxygens (including phenoxy) is 2. The van der Waals surface area contributed by atoms with Gasteiger partial charge in [0.15, 0.2) is 0 Å². The third kappa shape index (κ3) is 3.60. The van der Waals surface area contributed by atoms with Gasteiger partial charge in [0.2, 0.25) is 0 Å². The van der Waals surface area contributed by atoms with Gasteiger partial charge in [-0.05, 0) is 173 Å². The van der Waals surface area contributed by atoms with Crippen molar-refractivity contribution in [3.63, 3.8) is 0 Å². The summed E-state index contributed by atoms with van der Waals surface area (Å²) < 4.78 is 11.3. The van der Waals surface area contributed by atoms with Gasteiger partial charge in [0.25, 0.3) is 0 Å². The molecule has 0 aliphatic heterocycles. The van der Waals surface area contributed by atoms with Gasteiger partial charge in [-0.1, -0.05) is 0 Å². The molecule has 4 heteroatoms. The van der Waals surface area contributed by atoms with Gasteiger partial charge < -0.3 is 9.47 Å². The van der Waals surface area contributed by atoms with E-state index in [-0.39, 0.29) is 22.8 Å². The van der Waals surface area contributed by atoms with Crippen LogP contribution in [0.25, 0.3) is 0 Å². The molecule has 0 spiro atoms. The fourth-order valence-electron chi connectivity index (χ4n) is 12.1. The van der Waals surface area contributed by atoms with Crippen LogP contribution in [0.1, 0.15) is 134 Å². The molecular weight excluding hydrogens is 472 g/mol. The predicted molar refractivity (Wildman–Crippen MR) is 148 cm³/mol. The minimum atomic E-state index is -0.348. The van der Waals surface area contributed by atoms with E-state index in [9.17, 15) is 9.59 Å². The number of carbonyl (C=O) groups is 2. The smallest absolute Gasteiger partial charge is 0.339 e. The first-order valence-electron chi connectivity index (χ1n) is 15.8. The van der Waals surface area contributed by atoms with Crippen molar-refractivity contribution >= 4 is 11.9 Å². The van der Waals surface area contributed by atoms with E-state index in [0.29, 0.717) is 24.3 Å². The Bertz CT molecular complexity index is 1010. The lowest BCUT2D eigenvalue weighted by atomic mass is 9.43. The molecule has 0 amide bonds. The van der Waals surface area contributed by atoms with Crippen LogP contribution in [0.4, 0.5) is 0 Å². The van der Waals surface area contributed by atoms with E-state index in [2.05, 4.69) is 13.8 Å². The summed E-state index contributed by atoms with van der Waals surface area (Å²) in [5, 5.41) is 0. The number of hydrogen-bond acceptors (Lipinski definition) is 4. The fourth-order valence-corrected chi connectivity index (χ4v) is 12.1. The fraction of sp³-hybridized carbons (Fsp3) is 0.765. The van der Waals surface area contributed by atoms with Crippen LogP contribution in [0.2, 0.25) is 0 Å². The number of benzene rings is 1. The van der Waals surface area contributed by atoms with Gasteiger partial charge >= 0.3 is 11.9 Å². The summed E-state index contributed by atoms with van der Waals surface area (Å²) in [6.45, 7) is 8.65. The summed E-state index contributed by atoms with van der Waals surface area (Å²) in [5.74, 6) is 4.23. The molecule has 0 radical (unpaired) electrons. The highest BCUT2D eigenvalue weighted by Crippen LogP contribution is 2.67. The van der Waals surface area contributed by atoms with E-state index in [1.165, 1.54) is 88.2 Å². The Morgan fingerprint density at radius 2 is 0.842 bits per heavy atom. The quantitative estimate of drug-likeness (QED) is 0.364. The van der Waals surface area contributed by atoms with E-state index in [4.69, 9.17) is 9.47 Å². The second-order valence-corrected chi connectivity index (χ2v) is 14.6. The molecule has 0 N–H and O–H groups in total. The normalized spacial score (nSPS) is 40.0. The molecule has 1 aromatic carbocycles. The van der Waals surface area contributed by atoms with Crippen molar-refractivity contribution in [2.75, 3.05) is 13.2 Å². The lowest BCUT2D eigenvalue weighted by Crippen LogP contribution is -2.53. The standard InChI is InChI=1S/C34H46O4/c1-5-37-31(35)27-19(3)29(33-13-21-7-22(14-33)9-23(8-21)15-33)30(20(4)28(27)32(36)38-6-2)34-16-24-10-25(17-34)12-26(11-24)18-34/h21-26H,5-18H2,1-4H3. The van der Waals surface area contributed by atoms with E-state index in [1.807, 2.05) is 13.8 Å². The summed E-state index contributed by atoms with van der Waals surface area (Å²) in [5.41, 5.74) is 6.38. The third-order valence-electron chi connectivity index (χ3n) is 12.1. The summed E-state index contributed by atoms with van der Waals surface area (Å²) in [6.07, 6.45) is 16.0. The van der Waals surface area contributed by atoms with E-state index >= 15 is 0 Å². The second-order valence-electron chi connectivity index (χ2n) is 14.6. The molecule has 0 aromatic heterocycles. The van der Waals surface area contributed by atoms with Crippen LogP contribution < -0.4 is 0 Å². The average molecular weight is 519 g/mol. The predicted octanol–water partition coefficient (Wildman–Crippen LogP) is 7.59. The van der Waals surface area contributed by atoms with Crippen molar-refractivity contribution in [1.29, 1.82) is 0 Å². The first-order valence-corrected chi connectivity index (χ1v) is 15.8. The minimum Gasteiger partial charge on any atom is -0.462 e. The molecule has 9 rings (SSSR count). The molecule has 8 aliphatic carbocycles. The number of esters is 2. The lowest BCUT2D eigenvalue weighted by molar-refractivity contribution is -0.0180. The van der Waals surface area contributed by atoms with Crippen LogP contribution in [-0.2, 0) is 20.3 Å².